The Hall–Kier alpha value is -3.17. The topological polar surface area (TPSA) is 127 Å². The highest BCUT2D eigenvalue weighted by Crippen LogP contribution is 2.21. The second kappa shape index (κ2) is 9.76. The van der Waals surface area contributed by atoms with E-state index in [-0.39, 0.29) is 23.9 Å². The number of fused-ring (bicyclic) bond motifs is 1. The molecule has 10 heteroatoms. The Kier molecular flexibility index (Phi) is 7.09. The highest BCUT2D eigenvalue weighted by molar-refractivity contribution is 5.91. The molecule has 3 rings (SSSR count). The van der Waals surface area contributed by atoms with Crippen LogP contribution in [-0.2, 0) is 9.59 Å². The first-order valence-corrected chi connectivity index (χ1v) is 10.5. The van der Waals surface area contributed by atoms with Gasteiger partial charge in [0.2, 0.25) is 11.8 Å². The summed E-state index contributed by atoms with van der Waals surface area (Å²) < 4.78 is 13.9. The van der Waals surface area contributed by atoms with E-state index in [2.05, 4.69) is 20.6 Å². The van der Waals surface area contributed by atoms with Crippen molar-refractivity contribution in [1.29, 1.82) is 0 Å². The summed E-state index contributed by atoms with van der Waals surface area (Å²) >= 11 is 0. The number of hydrogen-bond donors (Lipinski definition) is 4. The standard InChI is InChI=1S/C21H28FN5O4/c1-3-13-7-4-5-10-27(13)17(28)11-16(25-21(30)31)20(29)23-12(2)19-24-15-9-6-8-14(22)18(15)26-19/h6,8-9,12-13,16,25H,3-5,7,10-11H2,1-2H3,(H,23,29)(H,24,26)(H,30,31)/t12?,13-,16?/m0/s1. The normalized spacial score (nSPS) is 18.4. The number of aromatic amines is 1. The third-order valence-corrected chi connectivity index (χ3v) is 5.66. The smallest absolute Gasteiger partial charge is 0.405 e. The number of carbonyl (C=O) groups excluding carboxylic acids is 2. The zero-order chi connectivity index (χ0) is 22.5. The van der Waals surface area contributed by atoms with Gasteiger partial charge < -0.3 is 25.6 Å². The second-order valence-corrected chi connectivity index (χ2v) is 7.84. The fourth-order valence-corrected chi connectivity index (χ4v) is 4.01. The van der Waals surface area contributed by atoms with E-state index < -0.39 is 29.9 Å². The summed E-state index contributed by atoms with van der Waals surface area (Å²) in [6.07, 6.45) is 2.01. The average Bonchev–Trinajstić information content (AvgIpc) is 3.18. The van der Waals surface area contributed by atoms with Crippen LogP contribution in [0.3, 0.4) is 0 Å². The number of aromatic nitrogens is 2. The molecule has 9 nitrogen and oxygen atoms in total. The van der Waals surface area contributed by atoms with Crippen LogP contribution in [0.4, 0.5) is 9.18 Å². The van der Waals surface area contributed by atoms with Crippen LogP contribution in [-0.4, -0.2) is 56.5 Å². The number of rotatable bonds is 7. The molecular formula is C21H28FN5O4. The van der Waals surface area contributed by atoms with Gasteiger partial charge in [-0.1, -0.05) is 13.0 Å². The predicted octanol–water partition coefficient (Wildman–Crippen LogP) is 2.70. The number of piperidine rings is 1. The second-order valence-electron chi connectivity index (χ2n) is 7.84. The van der Waals surface area contributed by atoms with Crippen molar-refractivity contribution in [2.75, 3.05) is 6.54 Å². The molecule has 4 N–H and O–H groups in total. The first kappa shape index (κ1) is 22.5. The maximum Gasteiger partial charge on any atom is 0.405 e. The summed E-state index contributed by atoms with van der Waals surface area (Å²) in [5.41, 5.74) is 0.645. The van der Waals surface area contributed by atoms with Crippen molar-refractivity contribution in [1.82, 2.24) is 25.5 Å². The molecule has 1 aromatic carbocycles. The number of carbonyl (C=O) groups is 3. The van der Waals surface area contributed by atoms with Gasteiger partial charge in [-0.15, -0.1) is 0 Å². The van der Waals surface area contributed by atoms with Gasteiger partial charge in [0.05, 0.1) is 18.0 Å². The molecule has 2 aromatic rings. The molecule has 1 aliphatic heterocycles. The lowest BCUT2D eigenvalue weighted by Crippen LogP contribution is -2.51. The van der Waals surface area contributed by atoms with E-state index in [4.69, 9.17) is 5.11 Å². The maximum atomic E-state index is 13.9. The number of amides is 3. The van der Waals surface area contributed by atoms with Crippen LogP contribution in [0.15, 0.2) is 18.2 Å². The number of hydrogen-bond acceptors (Lipinski definition) is 4. The van der Waals surface area contributed by atoms with E-state index in [1.54, 1.807) is 24.0 Å². The van der Waals surface area contributed by atoms with Gasteiger partial charge >= 0.3 is 6.09 Å². The third-order valence-electron chi connectivity index (χ3n) is 5.66. The molecule has 0 saturated carbocycles. The Morgan fingerprint density at radius 1 is 1.32 bits per heavy atom. The van der Waals surface area contributed by atoms with E-state index in [0.717, 1.165) is 25.7 Å². The number of nitrogens with one attached hydrogen (secondary N) is 3. The van der Waals surface area contributed by atoms with Gasteiger partial charge in [-0.2, -0.15) is 0 Å². The van der Waals surface area contributed by atoms with Gasteiger partial charge in [0.1, 0.15) is 17.4 Å². The van der Waals surface area contributed by atoms with Crippen molar-refractivity contribution in [3.8, 4) is 0 Å². The number of nitrogens with zero attached hydrogens (tertiary/aromatic N) is 2. The molecule has 168 valence electrons. The molecule has 1 aliphatic rings. The van der Waals surface area contributed by atoms with E-state index >= 15 is 0 Å². The van der Waals surface area contributed by atoms with Crippen molar-refractivity contribution >= 4 is 28.9 Å². The van der Waals surface area contributed by atoms with Gasteiger partial charge in [0.25, 0.3) is 0 Å². The van der Waals surface area contributed by atoms with Crippen LogP contribution in [0.5, 0.6) is 0 Å². The molecule has 0 bridgehead atoms. The molecule has 2 heterocycles. The Bertz CT molecular complexity index is 962. The van der Waals surface area contributed by atoms with Crippen molar-refractivity contribution in [2.24, 2.45) is 0 Å². The molecule has 0 radical (unpaired) electrons. The largest absolute Gasteiger partial charge is 0.465 e. The SMILES string of the molecule is CC[C@H]1CCCCN1C(=O)CC(NC(=O)O)C(=O)NC(C)c1nc2c(F)cccc2[nH]1. The quantitative estimate of drug-likeness (QED) is 0.534. The minimum atomic E-state index is -1.39. The van der Waals surface area contributed by atoms with Crippen molar-refractivity contribution in [3.05, 3.63) is 29.8 Å². The summed E-state index contributed by atoms with van der Waals surface area (Å²) in [6.45, 7) is 4.26. The van der Waals surface area contributed by atoms with Crippen molar-refractivity contribution < 1.29 is 23.9 Å². The van der Waals surface area contributed by atoms with E-state index in [1.165, 1.54) is 6.07 Å². The fourth-order valence-electron chi connectivity index (χ4n) is 4.01. The first-order valence-electron chi connectivity index (χ1n) is 10.5. The van der Waals surface area contributed by atoms with Crippen LogP contribution >= 0.6 is 0 Å². The lowest BCUT2D eigenvalue weighted by molar-refractivity contribution is -0.138. The summed E-state index contributed by atoms with van der Waals surface area (Å²) in [7, 11) is 0. The number of para-hydroxylation sites is 1. The Balaban J connectivity index is 1.70. The summed E-state index contributed by atoms with van der Waals surface area (Å²) in [6, 6.07) is 2.72. The zero-order valence-corrected chi connectivity index (χ0v) is 17.7. The number of H-pyrrole nitrogens is 1. The van der Waals surface area contributed by atoms with Crippen LogP contribution in [0, 0.1) is 5.82 Å². The summed E-state index contributed by atoms with van der Waals surface area (Å²) in [5.74, 6) is -1.05. The van der Waals surface area contributed by atoms with Crippen LogP contribution in [0.1, 0.15) is 57.8 Å². The van der Waals surface area contributed by atoms with Gasteiger partial charge in [-0.3, -0.25) is 9.59 Å². The van der Waals surface area contributed by atoms with Gasteiger partial charge in [0, 0.05) is 12.6 Å². The minimum absolute atomic E-state index is 0.110. The van der Waals surface area contributed by atoms with Crippen LogP contribution < -0.4 is 10.6 Å². The Morgan fingerprint density at radius 3 is 2.77 bits per heavy atom. The number of benzene rings is 1. The average molecular weight is 433 g/mol. The first-order chi connectivity index (χ1) is 14.8. The van der Waals surface area contributed by atoms with E-state index in [1.807, 2.05) is 6.92 Å². The van der Waals surface area contributed by atoms with Gasteiger partial charge in [0.15, 0.2) is 5.82 Å². The number of carboxylic acid groups (broad SMARTS) is 1. The van der Waals surface area contributed by atoms with E-state index in [9.17, 15) is 18.8 Å². The maximum absolute atomic E-state index is 13.9. The van der Waals surface area contributed by atoms with Crippen molar-refractivity contribution in [2.45, 2.75) is 64.1 Å². The third kappa shape index (κ3) is 5.31. The highest BCUT2D eigenvalue weighted by atomic mass is 19.1. The molecule has 31 heavy (non-hydrogen) atoms. The minimum Gasteiger partial charge on any atom is -0.465 e. The molecule has 1 aromatic heterocycles. The Labute approximate surface area is 179 Å². The van der Waals surface area contributed by atoms with Crippen LogP contribution in [0.25, 0.3) is 11.0 Å². The molecule has 1 fully saturated rings. The van der Waals surface area contributed by atoms with Crippen LogP contribution in [0.2, 0.25) is 0 Å². The summed E-state index contributed by atoms with van der Waals surface area (Å²) in [4.78, 5) is 45.7. The lowest BCUT2D eigenvalue weighted by atomic mass is 9.99. The van der Waals surface area contributed by atoms with Gasteiger partial charge in [-0.25, -0.2) is 14.2 Å². The molecule has 0 spiro atoms. The predicted molar refractivity (Wildman–Crippen MR) is 112 cm³/mol. The van der Waals surface area contributed by atoms with E-state index in [0.29, 0.717) is 17.9 Å². The lowest BCUT2D eigenvalue weighted by Gasteiger charge is -2.36. The number of likely N-dealkylation sites (tertiary alicyclic amines) is 1. The molecule has 3 amide bonds. The molecule has 2 unspecified atom stereocenters. The molecule has 1 saturated heterocycles. The fraction of sp³-hybridized carbons (Fsp3) is 0.524. The van der Waals surface area contributed by atoms with Crippen molar-refractivity contribution in [3.63, 3.8) is 0 Å². The highest BCUT2D eigenvalue weighted by Gasteiger charge is 2.31. The molecule has 0 aliphatic carbocycles. The summed E-state index contributed by atoms with van der Waals surface area (Å²) in [5, 5.41) is 14.0. The monoisotopic (exact) mass is 433 g/mol. The number of halogens is 1. The Morgan fingerprint density at radius 2 is 2.10 bits per heavy atom. The molecule has 3 atom stereocenters. The number of imidazole rings is 1. The molecular weight excluding hydrogens is 405 g/mol. The zero-order valence-electron chi connectivity index (χ0n) is 17.7. The van der Waals surface area contributed by atoms with Gasteiger partial charge in [-0.05, 0) is 44.7 Å².